The molecule has 2 nitrogen and oxygen atoms in total. The molecule has 21 heavy (non-hydrogen) atoms. The molecular formula is C19H36O2. The summed E-state index contributed by atoms with van der Waals surface area (Å²) in [5.74, 6) is 1.74. The molecule has 0 N–H and O–H groups in total. The van der Waals surface area contributed by atoms with Crippen LogP contribution >= 0.6 is 0 Å². The molecule has 0 atom stereocenters. The number of methoxy groups -OCH3 is 1. The average molecular weight is 296 g/mol. The van der Waals surface area contributed by atoms with Gasteiger partial charge in [-0.3, -0.25) is 0 Å². The zero-order valence-corrected chi connectivity index (χ0v) is 14.5. The van der Waals surface area contributed by atoms with Crippen molar-refractivity contribution < 1.29 is 9.47 Å². The van der Waals surface area contributed by atoms with Crippen LogP contribution in [0.15, 0.2) is 0 Å². The first-order valence-electron chi connectivity index (χ1n) is 9.40. The molecular weight excluding hydrogens is 260 g/mol. The smallest absolute Gasteiger partial charge is 0.0707 e. The number of rotatable bonds is 7. The van der Waals surface area contributed by atoms with E-state index in [1.165, 1.54) is 70.6 Å². The van der Waals surface area contributed by atoms with Gasteiger partial charge in [0.15, 0.2) is 0 Å². The summed E-state index contributed by atoms with van der Waals surface area (Å²) in [6, 6.07) is 0. The van der Waals surface area contributed by atoms with Gasteiger partial charge in [0.25, 0.3) is 0 Å². The molecule has 2 heteroatoms. The third-order valence-corrected chi connectivity index (χ3v) is 6.14. The number of hydrogen-bond donors (Lipinski definition) is 0. The quantitative estimate of drug-likeness (QED) is 0.630. The molecule has 2 aliphatic rings. The predicted octanol–water partition coefficient (Wildman–Crippen LogP) is 5.35. The summed E-state index contributed by atoms with van der Waals surface area (Å²) in [4.78, 5) is 0. The highest BCUT2D eigenvalue weighted by molar-refractivity contribution is 4.95. The lowest BCUT2D eigenvalue weighted by Crippen LogP contribution is -2.45. The number of hydrogen-bond acceptors (Lipinski definition) is 2. The van der Waals surface area contributed by atoms with E-state index in [0.29, 0.717) is 6.10 Å². The fourth-order valence-corrected chi connectivity index (χ4v) is 4.72. The summed E-state index contributed by atoms with van der Waals surface area (Å²) in [6.07, 6.45) is 15.1. The van der Waals surface area contributed by atoms with Crippen molar-refractivity contribution in [3.8, 4) is 0 Å². The van der Waals surface area contributed by atoms with E-state index in [4.69, 9.17) is 9.47 Å². The third-order valence-electron chi connectivity index (χ3n) is 6.14. The van der Waals surface area contributed by atoms with Crippen molar-refractivity contribution in [1.82, 2.24) is 0 Å². The van der Waals surface area contributed by atoms with Gasteiger partial charge < -0.3 is 9.47 Å². The maximum atomic E-state index is 6.13. The van der Waals surface area contributed by atoms with E-state index in [-0.39, 0.29) is 5.60 Å². The van der Waals surface area contributed by atoms with Crippen molar-refractivity contribution >= 4 is 0 Å². The lowest BCUT2D eigenvalue weighted by Gasteiger charge is -2.47. The van der Waals surface area contributed by atoms with Gasteiger partial charge in [-0.15, -0.1) is 0 Å². The van der Waals surface area contributed by atoms with E-state index >= 15 is 0 Å². The molecule has 2 saturated carbocycles. The Hall–Kier alpha value is -0.0800. The van der Waals surface area contributed by atoms with Crippen molar-refractivity contribution in [3.63, 3.8) is 0 Å². The second kappa shape index (κ2) is 8.53. The van der Waals surface area contributed by atoms with E-state index in [0.717, 1.165) is 18.4 Å². The SMILES string of the molecule is CCCCC1CCC(OC)(C2CCC(OCC)CC2)CC1. The molecule has 2 rings (SSSR count). The molecule has 0 aliphatic heterocycles. The van der Waals surface area contributed by atoms with Gasteiger partial charge in [-0.25, -0.2) is 0 Å². The standard InChI is InChI=1S/C19H36O2/c1-4-6-7-16-12-14-19(20-3,15-13-16)17-8-10-18(11-9-17)21-5-2/h16-18H,4-15H2,1-3H3. The van der Waals surface area contributed by atoms with Gasteiger partial charge in [0.1, 0.15) is 0 Å². The fourth-order valence-electron chi connectivity index (χ4n) is 4.72. The molecule has 0 bridgehead atoms. The summed E-state index contributed by atoms with van der Waals surface area (Å²) in [5.41, 5.74) is 0.194. The van der Waals surface area contributed by atoms with Crippen LogP contribution in [0.2, 0.25) is 0 Å². The van der Waals surface area contributed by atoms with Crippen LogP contribution in [0.5, 0.6) is 0 Å². The van der Waals surface area contributed by atoms with Crippen molar-refractivity contribution in [3.05, 3.63) is 0 Å². The maximum absolute atomic E-state index is 6.13. The van der Waals surface area contributed by atoms with E-state index in [9.17, 15) is 0 Å². The third kappa shape index (κ3) is 4.45. The molecule has 124 valence electrons. The van der Waals surface area contributed by atoms with E-state index in [2.05, 4.69) is 13.8 Å². The van der Waals surface area contributed by atoms with Gasteiger partial charge in [-0.2, -0.15) is 0 Å². The van der Waals surface area contributed by atoms with Crippen LogP contribution in [0.1, 0.15) is 84.5 Å². The van der Waals surface area contributed by atoms with Crippen molar-refractivity contribution in [2.75, 3.05) is 13.7 Å². The van der Waals surface area contributed by atoms with Crippen LogP contribution in [0, 0.1) is 11.8 Å². The molecule has 0 aromatic heterocycles. The Labute approximate surface area is 132 Å². The van der Waals surface area contributed by atoms with Gasteiger partial charge in [0, 0.05) is 13.7 Å². The topological polar surface area (TPSA) is 18.5 Å². The first-order valence-corrected chi connectivity index (χ1v) is 9.40. The zero-order valence-electron chi connectivity index (χ0n) is 14.5. The van der Waals surface area contributed by atoms with Crippen LogP contribution in [-0.4, -0.2) is 25.4 Å². The molecule has 0 amide bonds. The first-order chi connectivity index (χ1) is 10.2. The zero-order chi connectivity index (χ0) is 15.1. The van der Waals surface area contributed by atoms with Crippen LogP contribution in [0.4, 0.5) is 0 Å². The highest BCUT2D eigenvalue weighted by Gasteiger charge is 2.43. The second-order valence-corrected chi connectivity index (χ2v) is 7.28. The molecule has 0 saturated heterocycles. The molecule has 2 aliphatic carbocycles. The first kappa shape index (κ1) is 17.3. The van der Waals surface area contributed by atoms with Crippen LogP contribution in [-0.2, 0) is 9.47 Å². The Balaban J connectivity index is 1.83. The van der Waals surface area contributed by atoms with Crippen molar-refractivity contribution in [2.45, 2.75) is 96.2 Å². The van der Waals surface area contributed by atoms with E-state index in [1.54, 1.807) is 0 Å². The molecule has 0 aromatic rings. The van der Waals surface area contributed by atoms with Gasteiger partial charge in [0.05, 0.1) is 11.7 Å². The number of ether oxygens (including phenoxy) is 2. The summed E-state index contributed by atoms with van der Waals surface area (Å²) in [6.45, 7) is 5.28. The molecule has 0 heterocycles. The Kier molecular flexibility index (Phi) is 7.01. The lowest BCUT2D eigenvalue weighted by molar-refractivity contribution is -0.112. The summed E-state index contributed by atoms with van der Waals surface area (Å²) in [7, 11) is 1.96. The second-order valence-electron chi connectivity index (χ2n) is 7.28. The fraction of sp³-hybridized carbons (Fsp3) is 1.00. The highest BCUT2D eigenvalue weighted by atomic mass is 16.5. The Bertz CT molecular complexity index is 273. The molecule has 0 radical (unpaired) electrons. The van der Waals surface area contributed by atoms with Gasteiger partial charge >= 0.3 is 0 Å². The highest BCUT2D eigenvalue weighted by Crippen LogP contribution is 2.46. The van der Waals surface area contributed by atoms with Crippen molar-refractivity contribution in [1.29, 1.82) is 0 Å². The molecule has 0 spiro atoms. The predicted molar refractivity (Wildman–Crippen MR) is 88.6 cm³/mol. The summed E-state index contributed by atoms with van der Waals surface area (Å²) in [5, 5.41) is 0. The van der Waals surface area contributed by atoms with Gasteiger partial charge in [0.2, 0.25) is 0 Å². The van der Waals surface area contributed by atoms with Crippen LogP contribution < -0.4 is 0 Å². The van der Waals surface area contributed by atoms with Crippen molar-refractivity contribution in [2.24, 2.45) is 11.8 Å². The minimum Gasteiger partial charge on any atom is -0.379 e. The van der Waals surface area contributed by atoms with E-state index in [1.807, 2.05) is 7.11 Å². The largest absolute Gasteiger partial charge is 0.379 e. The molecule has 0 aromatic carbocycles. The maximum Gasteiger partial charge on any atom is 0.0707 e. The Morgan fingerprint density at radius 2 is 1.62 bits per heavy atom. The molecule has 2 fully saturated rings. The minimum absolute atomic E-state index is 0.194. The average Bonchev–Trinajstić information content (AvgIpc) is 2.54. The minimum atomic E-state index is 0.194. The lowest BCUT2D eigenvalue weighted by atomic mass is 9.66. The summed E-state index contributed by atoms with van der Waals surface area (Å²) >= 11 is 0. The van der Waals surface area contributed by atoms with Gasteiger partial charge in [-0.05, 0) is 70.1 Å². The van der Waals surface area contributed by atoms with Crippen LogP contribution in [0.25, 0.3) is 0 Å². The Morgan fingerprint density at radius 3 is 2.14 bits per heavy atom. The van der Waals surface area contributed by atoms with Crippen LogP contribution in [0.3, 0.4) is 0 Å². The normalized spacial score (nSPS) is 37.6. The van der Waals surface area contributed by atoms with E-state index < -0.39 is 0 Å². The Morgan fingerprint density at radius 1 is 0.952 bits per heavy atom. The molecule has 0 unspecified atom stereocenters. The van der Waals surface area contributed by atoms with Gasteiger partial charge in [-0.1, -0.05) is 26.2 Å². The monoisotopic (exact) mass is 296 g/mol. The summed E-state index contributed by atoms with van der Waals surface area (Å²) < 4.78 is 11.9. The number of unbranched alkanes of at least 4 members (excludes halogenated alkanes) is 1.